The van der Waals surface area contributed by atoms with Gasteiger partial charge in [0.1, 0.15) is 11.4 Å². The summed E-state index contributed by atoms with van der Waals surface area (Å²) in [6.07, 6.45) is 5.06. The highest BCUT2D eigenvalue weighted by Crippen LogP contribution is 2.52. The molecule has 144 valence electrons. The van der Waals surface area contributed by atoms with Gasteiger partial charge in [0.15, 0.2) is 0 Å². The van der Waals surface area contributed by atoms with Gasteiger partial charge in [-0.3, -0.25) is 9.59 Å². The fourth-order valence-corrected chi connectivity index (χ4v) is 4.75. The van der Waals surface area contributed by atoms with Crippen LogP contribution in [0, 0.1) is 11.8 Å². The monoisotopic (exact) mass is 398 g/mol. The lowest BCUT2D eigenvalue weighted by atomic mass is 9.77. The summed E-state index contributed by atoms with van der Waals surface area (Å²) in [5.74, 6) is -0.594. The highest BCUT2D eigenvalue weighted by Gasteiger charge is 2.66. The fourth-order valence-electron chi connectivity index (χ4n) is 4.54. The summed E-state index contributed by atoms with van der Waals surface area (Å²) in [6.45, 7) is 1.12. The molecule has 6 nitrogen and oxygen atoms in total. The standard InChI is InChI=1S/C21H19ClN2O4/c22-15-6-2-1-4-13(15)10-23-19(25)17-16-7-8-21(28-16)12-24(20(26)18(17)21)11-14-5-3-9-27-14/h1-9,16-18H,10-12H2,(H,23,25)/t16-,17?,18?,21+/m0/s1. The number of amides is 2. The molecule has 2 bridgehead atoms. The number of nitrogens with one attached hydrogen (secondary N) is 1. The van der Waals surface area contributed by atoms with Crippen molar-refractivity contribution in [1.82, 2.24) is 10.2 Å². The second-order valence-electron chi connectivity index (χ2n) is 7.48. The van der Waals surface area contributed by atoms with Gasteiger partial charge in [-0.2, -0.15) is 0 Å². The van der Waals surface area contributed by atoms with E-state index in [0.717, 1.165) is 5.56 Å². The van der Waals surface area contributed by atoms with Gasteiger partial charge in [-0.25, -0.2) is 0 Å². The van der Waals surface area contributed by atoms with Crippen LogP contribution in [0.2, 0.25) is 5.02 Å². The van der Waals surface area contributed by atoms with Gasteiger partial charge in [0.05, 0.1) is 37.3 Å². The van der Waals surface area contributed by atoms with E-state index in [9.17, 15) is 9.59 Å². The van der Waals surface area contributed by atoms with E-state index in [1.165, 1.54) is 0 Å². The molecule has 3 aliphatic rings. The summed E-state index contributed by atoms with van der Waals surface area (Å²) in [5.41, 5.74) is 0.116. The van der Waals surface area contributed by atoms with Crippen molar-refractivity contribution in [1.29, 1.82) is 0 Å². The lowest BCUT2D eigenvalue weighted by Gasteiger charge is -2.23. The molecule has 0 radical (unpaired) electrons. The Kier molecular flexibility index (Phi) is 4.07. The molecule has 0 saturated carbocycles. The number of furan rings is 1. The third-order valence-electron chi connectivity index (χ3n) is 5.82. The molecule has 5 rings (SSSR count). The topological polar surface area (TPSA) is 71.8 Å². The van der Waals surface area contributed by atoms with Crippen LogP contribution in [0.5, 0.6) is 0 Å². The Labute approximate surface area is 167 Å². The van der Waals surface area contributed by atoms with E-state index >= 15 is 0 Å². The van der Waals surface area contributed by atoms with Crippen molar-refractivity contribution in [2.45, 2.75) is 24.8 Å². The summed E-state index contributed by atoms with van der Waals surface area (Å²) >= 11 is 6.17. The summed E-state index contributed by atoms with van der Waals surface area (Å²) in [6, 6.07) is 11.0. The molecule has 4 atom stereocenters. The Bertz CT molecular complexity index is 957. The maximum absolute atomic E-state index is 13.1. The summed E-state index contributed by atoms with van der Waals surface area (Å²) < 4.78 is 11.5. The molecule has 3 aliphatic heterocycles. The maximum atomic E-state index is 13.1. The van der Waals surface area contributed by atoms with E-state index in [0.29, 0.717) is 30.4 Å². The quantitative estimate of drug-likeness (QED) is 0.785. The van der Waals surface area contributed by atoms with E-state index in [2.05, 4.69) is 5.32 Å². The molecule has 28 heavy (non-hydrogen) atoms. The van der Waals surface area contributed by atoms with E-state index in [1.807, 2.05) is 36.4 Å². The van der Waals surface area contributed by atoms with Gasteiger partial charge < -0.3 is 19.4 Å². The van der Waals surface area contributed by atoms with Gasteiger partial charge in [0.25, 0.3) is 0 Å². The van der Waals surface area contributed by atoms with Gasteiger partial charge in [0, 0.05) is 11.6 Å². The molecular weight excluding hydrogens is 380 g/mol. The number of hydrogen-bond acceptors (Lipinski definition) is 4. The van der Waals surface area contributed by atoms with E-state index in [4.69, 9.17) is 20.8 Å². The molecule has 2 amide bonds. The van der Waals surface area contributed by atoms with Gasteiger partial charge in [-0.1, -0.05) is 42.0 Å². The first-order valence-corrected chi connectivity index (χ1v) is 9.65. The average molecular weight is 399 g/mol. The van der Waals surface area contributed by atoms with Crippen molar-refractivity contribution in [3.63, 3.8) is 0 Å². The molecule has 4 heterocycles. The smallest absolute Gasteiger partial charge is 0.230 e. The van der Waals surface area contributed by atoms with Gasteiger partial charge in [0.2, 0.25) is 11.8 Å². The lowest BCUT2D eigenvalue weighted by Crippen LogP contribution is -2.43. The van der Waals surface area contributed by atoms with Crippen LogP contribution in [0.1, 0.15) is 11.3 Å². The van der Waals surface area contributed by atoms with Crippen molar-refractivity contribution in [2.75, 3.05) is 6.54 Å². The van der Waals surface area contributed by atoms with Crippen LogP contribution in [0.25, 0.3) is 0 Å². The summed E-state index contributed by atoms with van der Waals surface area (Å²) in [7, 11) is 0. The maximum Gasteiger partial charge on any atom is 0.230 e. The third kappa shape index (κ3) is 2.67. The largest absolute Gasteiger partial charge is 0.467 e. The number of carbonyl (C=O) groups excluding carboxylic acids is 2. The predicted molar refractivity (Wildman–Crippen MR) is 101 cm³/mol. The Hall–Kier alpha value is -2.57. The van der Waals surface area contributed by atoms with Crippen LogP contribution in [0.4, 0.5) is 0 Å². The molecule has 2 saturated heterocycles. The van der Waals surface area contributed by atoms with Crippen LogP contribution in [-0.4, -0.2) is 35.0 Å². The van der Waals surface area contributed by atoms with E-state index in [1.54, 1.807) is 23.3 Å². The van der Waals surface area contributed by atoms with Crippen LogP contribution in [-0.2, 0) is 27.4 Å². The zero-order valence-corrected chi connectivity index (χ0v) is 15.8. The number of carbonyl (C=O) groups is 2. The number of hydrogen-bond donors (Lipinski definition) is 1. The first kappa shape index (κ1) is 17.5. The molecular formula is C21H19ClN2O4. The number of halogens is 1. The number of fused-ring (bicyclic) bond motifs is 1. The Morgan fingerprint density at radius 2 is 2.14 bits per heavy atom. The molecule has 2 aromatic rings. The molecule has 1 aromatic carbocycles. The second-order valence-corrected chi connectivity index (χ2v) is 7.89. The molecule has 2 fully saturated rings. The first-order valence-electron chi connectivity index (χ1n) is 9.27. The van der Waals surface area contributed by atoms with Crippen LogP contribution in [0.3, 0.4) is 0 Å². The molecule has 1 aromatic heterocycles. The first-order chi connectivity index (χ1) is 13.6. The number of rotatable bonds is 5. The molecule has 1 N–H and O–H groups in total. The number of benzene rings is 1. The Morgan fingerprint density at radius 1 is 1.29 bits per heavy atom. The molecule has 2 unspecified atom stereocenters. The zero-order valence-electron chi connectivity index (χ0n) is 15.0. The van der Waals surface area contributed by atoms with Crippen molar-refractivity contribution >= 4 is 23.4 Å². The minimum Gasteiger partial charge on any atom is -0.467 e. The normalized spacial score (nSPS) is 30.1. The minimum atomic E-state index is -0.721. The number of ether oxygens (including phenoxy) is 1. The molecule has 1 spiro atoms. The predicted octanol–water partition coefficient (Wildman–Crippen LogP) is 2.53. The van der Waals surface area contributed by atoms with Crippen molar-refractivity contribution in [3.8, 4) is 0 Å². The van der Waals surface area contributed by atoms with Crippen molar-refractivity contribution in [3.05, 3.63) is 71.2 Å². The van der Waals surface area contributed by atoms with Gasteiger partial charge in [-0.05, 0) is 23.8 Å². The highest BCUT2D eigenvalue weighted by atomic mass is 35.5. The van der Waals surface area contributed by atoms with Crippen molar-refractivity contribution in [2.24, 2.45) is 11.8 Å². The summed E-state index contributed by atoms with van der Waals surface area (Å²) in [5, 5.41) is 3.53. The summed E-state index contributed by atoms with van der Waals surface area (Å²) in [4.78, 5) is 27.8. The number of likely N-dealkylation sites (tertiary alicyclic amines) is 1. The van der Waals surface area contributed by atoms with Crippen LogP contribution < -0.4 is 5.32 Å². The van der Waals surface area contributed by atoms with E-state index in [-0.39, 0.29) is 17.9 Å². The third-order valence-corrected chi connectivity index (χ3v) is 6.19. The highest BCUT2D eigenvalue weighted by molar-refractivity contribution is 6.31. The van der Waals surface area contributed by atoms with Gasteiger partial charge in [-0.15, -0.1) is 0 Å². The Morgan fingerprint density at radius 3 is 2.93 bits per heavy atom. The SMILES string of the molecule is O=C(NCc1ccccc1Cl)C1C2C(=O)N(Cc3ccco3)C[C@]23C=C[C@@H]1O3. The van der Waals surface area contributed by atoms with Crippen LogP contribution >= 0.6 is 11.6 Å². The van der Waals surface area contributed by atoms with Gasteiger partial charge >= 0.3 is 0 Å². The lowest BCUT2D eigenvalue weighted by molar-refractivity contribution is -0.138. The molecule has 0 aliphatic carbocycles. The number of nitrogens with zero attached hydrogens (tertiary/aromatic N) is 1. The molecule has 7 heteroatoms. The van der Waals surface area contributed by atoms with Crippen molar-refractivity contribution < 1.29 is 18.7 Å². The van der Waals surface area contributed by atoms with E-state index < -0.39 is 17.4 Å². The minimum absolute atomic E-state index is 0.0684. The van der Waals surface area contributed by atoms with Crippen LogP contribution in [0.15, 0.2) is 59.2 Å². The second kappa shape index (κ2) is 6.50. The fraction of sp³-hybridized carbons (Fsp3) is 0.333. The Balaban J connectivity index is 1.33. The zero-order chi connectivity index (χ0) is 19.3. The average Bonchev–Trinajstić information content (AvgIpc) is 3.44.